The minimum Gasteiger partial charge on any atom is -0.386 e. The molecule has 4 nitrogen and oxygen atoms in total. The van der Waals surface area contributed by atoms with E-state index in [9.17, 15) is 4.57 Å². The van der Waals surface area contributed by atoms with Gasteiger partial charge in [0.15, 0.2) is 0 Å². The van der Waals surface area contributed by atoms with Gasteiger partial charge in [0.05, 0.1) is 0 Å². The zero-order valence-electron chi connectivity index (χ0n) is 15.0. The van der Waals surface area contributed by atoms with Crippen molar-refractivity contribution < 1.29 is 18.1 Å². The van der Waals surface area contributed by atoms with Crippen LogP contribution in [0.15, 0.2) is 72.8 Å². The fraction of sp³-hybridized carbons (Fsp3) is 0.143. The van der Waals surface area contributed by atoms with E-state index in [0.29, 0.717) is 17.2 Å². The average molecular weight is 395 g/mol. The molecule has 27 heavy (non-hydrogen) atoms. The Labute approximate surface area is 176 Å². The van der Waals surface area contributed by atoms with Gasteiger partial charge in [0.25, 0.3) is 0 Å². The summed E-state index contributed by atoms with van der Waals surface area (Å²) in [5.41, 5.74) is 3.23. The lowest BCUT2D eigenvalue weighted by atomic mass is 10.2. The Bertz CT molecular complexity index is 784. The van der Waals surface area contributed by atoms with E-state index < -0.39 is 7.82 Å². The number of hydrogen-bond donors (Lipinski definition) is 0. The van der Waals surface area contributed by atoms with Crippen molar-refractivity contribution in [2.24, 2.45) is 0 Å². The number of phosphoric acid groups is 1. The van der Waals surface area contributed by atoms with Crippen LogP contribution in [0.1, 0.15) is 16.7 Å². The Morgan fingerprint density at radius 2 is 0.741 bits per heavy atom. The molecule has 0 unspecified atom stereocenters. The first kappa shape index (κ1) is 21.4. The predicted molar refractivity (Wildman–Crippen MR) is 112 cm³/mol. The Balaban J connectivity index is 0.00000261. The third-order valence-electron chi connectivity index (χ3n) is 3.71. The van der Waals surface area contributed by atoms with Gasteiger partial charge in [0.1, 0.15) is 17.2 Å². The summed E-state index contributed by atoms with van der Waals surface area (Å²) >= 11 is 0. The van der Waals surface area contributed by atoms with Crippen LogP contribution in [0.2, 0.25) is 0 Å². The molecule has 138 valence electrons. The van der Waals surface area contributed by atoms with Crippen molar-refractivity contribution >= 4 is 30.9 Å². The van der Waals surface area contributed by atoms with Gasteiger partial charge in [-0.3, -0.25) is 0 Å². The van der Waals surface area contributed by atoms with E-state index in [1.165, 1.54) is 0 Å². The number of phosphoric ester groups is 1. The van der Waals surface area contributed by atoms with E-state index in [-0.39, 0.29) is 23.1 Å². The van der Waals surface area contributed by atoms with Crippen LogP contribution in [0.25, 0.3) is 0 Å². The van der Waals surface area contributed by atoms with Crippen molar-refractivity contribution in [3.05, 3.63) is 89.5 Å². The predicted octanol–water partition coefficient (Wildman–Crippen LogP) is 5.34. The van der Waals surface area contributed by atoms with Gasteiger partial charge in [0.2, 0.25) is 0 Å². The summed E-state index contributed by atoms with van der Waals surface area (Å²) in [6.45, 7) is 5.90. The monoisotopic (exact) mass is 394 g/mol. The first-order chi connectivity index (χ1) is 12.4. The smallest absolute Gasteiger partial charge is 0.386 e. The van der Waals surface area contributed by atoms with E-state index in [4.69, 9.17) is 13.6 Å². The molecule has 0 fully saturated rings. The van der Waals surface area contributed by atoms with Gasteiger partial charge in [-0.25, -0.2) is 0 Å². The minimum absolute atomic E-state index is 0. The number of rotatable bonds is 6. The van der Waals surface area contributed by atoms with E-state index in [0.717, 1.165) is 16.7 Å². The van der Waals surface area contributed by atoms with Gasteiger partial charge >= 0.3 is 30.9 Å². The SMILES string of the molecule is Cc1ccc(OP(=O)(Oc2ccc(C)cc2)Oc2ccc(C)cc2)cc1.[MgH2]. The first-order valence-corrected chi connectivity index (χ1v) is 9.77. The number of aryl methyl sites for hydroxylation is 3. The van der Waals surface area contributed by atoms with Crippen molar-refractivity contribution in [1.82, 2.24) is 0 Å². The molecule has 0 saturated carbocycles. The molecule has 0 radical (unpaired) electrons. The van der Waals surface area contributed by atoms with Crippen LogP contribution in [-0.4, -0.2) is 23.1 Å². The summed E-state index contributed by atoms with van der Waals surface area (Å²) in [6, 6.07) is 21.6. The maximum absolute atomic E-state index is 13.3. The number of hydrogen-bond acceptors (Lipinski definition) is 4. The molecule has 3 aromatic rings. The summed E-state index contributed by atoms with van der Waals surface area (Å²) in [4.78, 5) is 0. The average Bonchev–Trinajstić information content (AvgIpc) is 2.61. The van der Waals surface area contributed by atoms with Crippen molar-refractivity contribution in [3.63, 3.8) is 0 Å². The molecule has 3 aromatic carbocycles. The highest BCUT2D eigenvalue weighted by atomic mass is 31.2. The van der Waals surface area contributed by atoms with Gasteiger partial charge in [0, 0.05) is 0 Å². The fourth-order valence-corrected chi connectivity index (χ4v) is 3.49. The van der Waals surface area contributed by atoms with Crippen molar-refractivity contribution in [2.75, 3.05) is 0 Å². The van der Waals surface area contributed by atoms with Crippen LogP contribution in [0, 0.1) is 20.8 Å². The molecule has 0 aliphatic rings. The molecule has 0 amide bonds. The zero-order valence-corrected chi connectivity index (χ0v) is 15.9. The van der Waals surface area contributed by atoms with Crippen LogP contribution in [0.3, 0.4) is 0 Å². The summed E-state index contributed by atoms with van der Waals surface area (Å²) in [5.74, 6) is 1.24. The number of benzene rings is 3. The van der Waals surface area contributed by atoms with Crippen LogP contribution < -0.4 is 13.6 Å². The van der Waals surface area contributed by atoms with E-state index >= 15 is 0 Å². The van der Waals surface area contributed by atoms with Crippen LogP contribution in [0.4, 0.5) is 0 Å². The molecule has 3 rings (SSSR count). The molecule has 0 atom stereocenters. The summed E-state index contributed by atoms with van der Waals surface area (Å²) in [5, 5.41) is 0. The molecule has 6 heteroatoms. The Morgan fingerprint density at radius 1 is 0.519 bits per heavy atom. The minimum atomic E-state index is -3.93. The van der Waals surface area contributed by atoms with Gasteiger partial charge < -0.3 is 13.6 Å². The molecule has 0 bridgehead atoms. The molecule has 0 aromatic heterocycles. The molecule has 0 aliphatic heterocycles. The zero-order chi connectivity index (χ0) is 18.6. The lowest BCUT2D eigenvalue weighted by Gasteiger charge is -2.19. The highest BCUT2D eigenvalue weighted by molar-refractivity contribution is 7.49. The third kappa shape index (κ3) is 6.31. The highest BCUT2D eigenvalue weighted by Crippen LogP contribution is 2.49. The van der Waals surface area contributed by atoms with Crippen molar-refractivity contribution in [3.8, 4) is 17.2 Å². The maximum atomic E-state index is 13.3. The third-order valence-corrected chi connectivity index (χ3v) is 5.02. The van der Waals surface area contributed by atoms with Gasteiger partial charge in [-0.15, -0.1) is 0 Å². The molecular formula is C21H23MgO4P. The van der Waals surface area contributed by atoms with Crippen molar-refractivity contribution in [2.45, 2.75) is 20.8 Å². The van der Waals surface area contributed by atoms with E-state index in [1.807, 2.05) is 57.2 Å². The first-order valence-electron chi connectivity index (χ1n) is 8.31. The fourth-order valence-electron chi connectivity index (χ4n) is 2.24. The van der Waals surface area contributed by atoms with Gasteiger partial charge in [-0.1, -0.05) is 53.1 Å². The Hall–Kier alpha value is -1.94. The second kappa shape index (κ2) is 9.31. The van der Waals surface area contributed by atoms with Crippen LogP contribution in [0.5, 0.6) is 17.2 Å². The quantitative estimate of drug-likeness (QED) is 0.418. The highest BCUT2D eigenvalue weighted by Gasteiger charge is 2.33. The largest absolute Gasteiger partial charge is 0.647 e. The lowest BCUT2D eigenvalue weighted by molar-refractivity contribution is 0.298. The van der Waals surface area contributed by atoms with Gasteiger partial charge in [-0.2, -0.15) is 4.57 Å². The van der Waals surface area contributed by atoms with E-state index in [1.54, 1.807) is 36.4 Å². The molecular weight excluding hydrogens is 372 g/mol. The lowest BCUT2D eigenvalue weighted by Crippen LogP contribution is -2.07. The standard InChI is InChI=1S/C21H21O4P.Mg.2H/c1-16-4-10-19(11-5-16)23-26(22,24-20-12-6-17(2)7-13-20)25-21-14-8-18(3)9-15-21;;;/h4-15H,1-3H3;;;. The Morgan fingerprint density at radius 3 is 0.963 bits per heavy atom. The van der Waals surface area contributed by atoms with Crippen molar-refractivity contribution in [1.29, 1.82) is 0 Å². The second-order valence-corrected chi connectivity index (χ2v) is 7.60. The second-order valence-electron chi connectivity index (χ2n) is 6.16. The van der Waals surface area contributed by atoms with Crippen LogP contribution in [-0.2, 0) is 4.57 Å². The summed E-state index contributed by atoms with van der Waals surface area (Å²) in [7, 11) is -3.93. The maximum Gasteiger partial charge on any atom is 0.647 e. The molecule has 0 aliphatic carbocycles. The van der Waals surface area contributed by atoms with Crippen LogP contribution >= 0.6 is 7.82 Å². The Kier molecular flexibility index (Phi) is 7.37. The molecule has 0 N–H and O–H groups in total. The molecule has 0 spiro atoms. The normalized spacial score (nSPS) is 10.6. The molecule has 0 heterocycles. The van der Waals surface area contributed by atoms with E-state index in [2.05, 4.69) is 0 Å². The summed E-state index contributed by atoms with van der Waals surface area (Å²) in [6.07, 6.45) is 0. The topological polar surface area (TPSA) is 44.8 Å². The van der Waals surface area contributed by atoms with Gasteiger partial charge in [-0.05, 0) is 57.2 Å². The molecule has 0 saturated heterocycles. The summed E-state index contributed by atoms with van der Waals surface area (Å²) < 4.78 is 30.2.